The number of benzene rings is 1. The SMILES string of the molecule is N#CCc1nnnn1Cc1ccccc1. The highest BCUT2D eigenvalue weighted by atomic mass is 15.5. The molecule has 0 atom stereocenters. The van der Waals surface area contributed by atoms with Crippen LogP contribution in [0.5, 0.6) is 0 Å². The summed E-state index contributed by atoms with van der Waals surface area (Å²) in [7, 11) is 0. The highest BCUT2D eigenvalue weighted by Crippen LogP contribution is 2.02. The van der Waals surface area contributed by atoms with Gasteiger partial charge in [0.25, 0.3) is 0 Å². The van der Waals surface area contributed by atoms with Crippen LogP contribution in [0.1, 0.15) is 11.4 Å². The number of tetrazole rings is 1. The zero-order valence-electron chi connectivity index (χ0n) is 8.04. The smallest absolute Gasteiger partial charge is 0.165 e. The van der Waals surface area contributed by atoms with Gasteiger partial charge in [0.1, 0.15) is 0 Å². The zero-order chi connectivity index (χ0) is 10.5. The zero-order valence-corrected chi connectivity index (χ0v) is 8.04. The Bertz CT molecular complexity index is 468. The first-order valence-electron chi connectivity index (χ1n) is 4.56. The van der Waals surface area contributed by atoms with Crippen LogP contribution in [0.4, 0.5) is 0 Å². The molecule has 0 saturated carbocycles. The Morgan fingerprint density at radius 1 is 1.27 bits per heavy atom. The van der Waals surface area contributed by atoms with Crippen LogP contribution in [0.2, 0.25) is 0 Å². The van der Waals surface area contributed by atoms with E-state index in [0.717, 1.165) is 5.56 Å². The second-order valence-corrected chi connectivity index (χ2v) is 3.07. The van der Waals surface area contributed by atoms with Crippen molar-refractivity contribution in [2.75, 3.05) is 0 Å². The molecule has 0 aliphatic carbocycles. The highest BCUT2D eigenvalue weighted by molar-refractivity contribution is 5.15. The van der Waals surface area contributed by atoms with Gasteiger partial charge in [0.15, 0.2) is 5.82 Å². The molecule has 0 saturated heterocycles. The predicted octanol–water partition coefficient (Wildman–Crippen LogP) is 0.787. The number of hydrogen-bond donors (Lipinski definition) is 0. The minimum absolute atomic E-state index is 0.236. The van der Waals surface area contributed by atoms with E-state index >= 15 is 0 Å². The van der Waals surface area contributed by atoms with E-state index in [0.29, 0.717) is 12.4 Å². The summed E-state index contributed by atoms with van der Waals surface area (Å²) in [5.74, 6) is 0.598. The molecule has 5 heteroatoms. The minimum Gasteiger partial charge on any atom is -0.224 e. The van der Waals surface area contributed by atoms with Crippen molar-refractivity contribution in [3.8, 4) is 6.07 Å². The lowest BCUT2D eigenvalue weighted by molar-refractivity contribution is 0.627. The van der Waals surface area contributed by atoms with Gasteiger partial charge in [-0.2, -0.15) is 5.26 Å². The normalized spacial score (nSPS) is 9.80. The van der Waals surface area contributed by atoms with Crippen LogP contribution in [0.3, 0.4) is 0 Å². The second kappa shape index (κ2) is 4.33. The molecule has 0 fully saturated rings. The van der Waals surface area contributed by atoms with Gasteiger partial charge in [-0.1, -0.05) is 30.3 Å². The fourth-order valence-electron chi connectivity index (χ4n) is 1.30. The van der Waals surface area contributed by atoms with Crippen molar-refractivity contribution >= 4 is 0 Å². The highest BCUT2D eigenvalue weighted by Gasteiger charge is 2.05. The van der Waals surface area contributed by atoms with Gasteiger partial charge in [0.05, 0.1) is 19.0 Å². The topological polar surface area (TPSA) is 67.4 Å². The quantitative estimate of drug-likeness (QED) is 0.732. The van der Waals surface area contributed by atoms with Crippen LogP contribution < -0.4 is 0 Å². The number of rotatable bonds is 3. The molecule has 15 heavy (non-hydrogen) atoms. The summed E-state index contributed by atoms with van der Waals surface area (Å²) in [6, 6.07) is 11.9. The molecule has 0 aliphatic heterocycles. The Morgan fingerprint density at radius 3 is 2.80 bits per heavy atom. The monoisotopic (exact) mass is 199 g/mol. The molecule has 0 N–H and O–H groups in total. The summed E-state index contributed by atoms with van der Waals surface area (Å²) in [6.45, 7) is 0.602. The lowest BCUT2D eigenvalue weighted by Crippen LogP contribution is -2.06. The van der Waals surface area contributed by atoms with Crippen LogP contribution in [0, 0.1) is 11.3 Å². The maximum Gasteiger partial charge on any atom is 0.165 e. The van der Waals surface area contributed by atoms with Crippen molar-refractivity contribution < 1.29 is 0 Å². The third-order valence-electron chi connectivity index (χ3n) is 2.02. The maximum atomic E-state index is 8.57. The van der Waals surface area contributed by atoms with Gasteiger partial charge in [-0.15, -0.1) is 5.10 Å². The summed E-state index contributed by atoms with van der Waals surface area (Å²) in [6.07, 6.45) is 0.236. The van der Waals surface area contributed by atoms with Crippen molar-refractivity contribution in [1.29, 1.82) is 5.26 Å². The van der Waals surface area contributed by atoms with Gasteiger partial charge in [-0.25, -0.2) is 4.68 Å². The van der Waals surface area contributed by atoms with Crippen LogP contribution in [-0.4, -0.2) is 20.2 Å². The third-order valence-corrected chi connectivity index (χ3v) is 2.02. The summed E-state index contributed by atoms with van der Waals surface area (Å²) < 4.78 is 1.64. The van der Waals surface area contributed by atoms with Gasteiger partial charge >= 0.3 is 0 Å². The molecule has 0 aliphatic rings. The molecule has 0 unspecified atom stereocenters. The molecule has 74 valence electrons. The summed E-state index contributed by atoms with van der Waals surface area (Å²) in [5.41, 5.74) is 1.11. The van der Waals surface area contributed by atoms with Crippen molar-refractivity contribution in [3.05, 3.63) is 41.7 Å². The molecule has 1 aromatic carbocycles. The molecular formula is C10H9N5. The van der Waals surface area contributed by atoms with Crippen molar-refractivity contribution in [2.45, 2.75) is 13.0 Å². The van der Waals surface area contributed by atoms with Crippen molar-refractivity contribution in [3.63, 3.8) is 0 Å². The molecule has 0 radical (unpaired) electrons. The van der Waals surface area contributed by atoms with Gasteiger partial charge < -0.3 is 0 Å². The first kappa shape index (κ1) is 9.34. The molecule has 2 aromatic rings. The summed E-state index contributed by atoms with van der Waals surface area (Å²) in [4.78, 5) is 0. The van der Waals surface area contributed by atoms with E-state index in [9.17, 15) is 0 Å². The van der Waals surface area contributed by atoms with E-state index in [4.69, 9.17) is 5.26 Å². The fourth-order valence-corrected chi connectivity index (χ4v) is 1.30. The summed E-state index contributed by atoms with van der Waals surface area (Å²) >= 11 is 0. The number of nitriles is 1. The van der Waals surface area contributed by atoms with E-state index in [-0.39, 0.29) is 6.42 Å². The number of nitrogens with zero attached hydrogens (tertiary/aromatic N) is 5. The molecular weight excluding hydrogens is 190 g/mol. The van der Waals surface area contributed by atoms with Gasteiger partial charge in [0, 0.05) is 0 Å². The Balaban J connectivity index is 2.18. The van der Waals surface area contributed by atoms with Crippen LogP contribution >= 0.6 is 0 Å². The molecule has 0 bridgehead atoms. The van der Waals surface area contributed by atoms with Gasteiger partial charge in [-0.05, 0) is 16.0 Å². The van der Waals surface area contributed by atoms with E-state index in [2.05, 4.69) is 15.5 Å². The van der Waals surface area contributed by atoms with E-state index in [1.807, 2.05) is 36.4 Å². The van der Waals surface area contributed by atoms with E-state index < -0.39 is 0 Å². The third kappa shape index (κ3) is 2.17. The second-order valence-electron chi connectivity index (χ2n) is 3.07. The molecule has 1 heterocycles. The Labute approximate surface area is 87.0 Å². The molecule has 0 amide bonds. The average molecular weight is 199 g/mol. The van der Waals surface area contributed by atoms with Crippen LogP contribution in [0.15, 0.2) is 30.3 Å². The van der Waals surface area contributed by atoms with Gasteiger partial charge in [0.2, 0.25) is 0 Å². The largest absolute Gasteiger partial charge is 0.224 e. The fraction of sp³-hybridized carbons (Fsp3) is 0.200. The van der Waals surface area contributed by atoms with Crippen LogP contribution in [-0.2, 0) is 13.0 Å². The molecule has 2 rings (SSSR count). The van der Waals surface area contributed by atoms with Crippen molar-refractivity contribution in [2.24, 2.45) is 0 Å². The van der Waals surface area contributed by atoms with E-state index in [1.54, 1.807) is 4.68 Å². The number of aromatic nitrogens is 4. The standard InChI is InChI=1S/C10H9N5/c11-7-6-10-12-13-14-15(10)8-9-4-2-1-3-5-9/h1-5H,6,8H2. The number of hydrogen-bond acceptors (Lipinski definition) is 4. The first-order chi connectivity index (χ1) is 7.40. The van der Waals surface area contributed by atoms with Gasteiger partial charge in [-0.3, -0.25) is 0 Å². The Hall–Kier alpha value is -2.22. The maximum absolute atomic E-state index is 8.57. The van der Waals surface area contributed by atoms with Crippen molar-refractivity contribution in [1.82, 2.24) is 20.2 Å². The predicted molar refractivity (Wildman–Crippen MR) is 52.7 cm³/mol. The first-order valence-corrected chi connectivity index (χ1v) is 4.56. The van der Waals surface area contributed by atoms with Crippen LogP contribution in [0.25, 0.3) is 0 Å². The minimum atomic E-state index is 0.236. The summed E-state index contributed by atoms with van der Waals surface area (Å²) in [5, 5.41) is 19.7. The average Bonchev–Trinajstić information content (AvgIpc) is 2.68. The molecule has 0 spiro atoms. The van der Waals surface area contributed by atoms with E-state index in [1.165, 1.54) is 0 Å². The molecule has 5 nitrogen and oxygen atoms in total. The Morgan fingerprint density at radius 2 is 2.07 bits per heavy atom. The molecule has 1 aromatic heterocycles. The lowest BCUT2D eigenvalue weighted by Gasteiger charge is -2.01. The Kier molecular flexibility index (Phi) is 2.70. The lowest BCUT2D eigenvalue weighted by atomic mass is 10.2.